The maximum Gasteiger partial charge on any atom is 0.260 e. The highest BCUT2D eigenvalue weighted by molar-refractivity contribution is 5.77. The number of hydrogen-bond acceptors (Lipinski definition) is 3. The first kappa shape index (κ1) is 16.1. The number of rotatable bonds is 6. The maximum absolute atomic E-state index is 12.2. The molecule has 0 N–H and O–H groups in total. The van der Waals surface area contributed by atoms with Crippen molar-refractivity contribution >= 4 is 5.91 Å². The van der Waals surface area contributed by atoms with Gasteiger partial charge < -0.3 is 14.1 Å². The molecule has 1 amide bonds. The van der Waals surface area contributed by atoms with E-state index in [1.807, 2.05) is 43.3 Å². The van der Waals surface area contributed by atoms with Crippen molar-refractivity contribution in [1.82, 2.24) is 4.90 Å². The summed E-state index contributed by atoms with van der Waals surface area (Å²) in [6.07, 6.45) is 1.61. The molecule has 118 valence electrons. The van der Waals surface area contributed by atoms with Gasteiger partial charge in [-0.25, -0.2) is 0 Å². The van der Waals surface area contributed by atoms with Gasteiger partial charge in [0.2, 0.25) is 0 Å². The van der Waals surface area contributed by atoms with E-state index in [-0.39, 0.29) is 18.6 Å². The number of ether oxygens (including phenoxy) is 1. The summed E-state index contributed by atoms with van der Waals surface area (Å²) in [5.41, 5.74) is 1.25. The average Bonchev–Trinajstić information content (AvgIpc) is 3.05. The van der Waals surface area contributed by atoms with E-state index in [4.69, 9.17) is 9.15 Å². The van der Waals surface area contributed by atoms with E-state index in [9.17, 15) is 4.79 Å². The Labute approximate surface area is 131 Å². The minimum absolute atomic E-state index is 0.0164. The lowest BCUT2D eigenvalue weighted by Crippen LogP contribution is -2.33. The summed E-state index contributed by atoms with van der Waals surface area (Å²) in [6.45, 7) is 6.23. The van der Waals surface area contributed by atoms with Crippen molar-refractivity contribution < 1.29 is 13.9 Å². The Morgan fingerprint density at radius 3 is 2.41 bits per heavy atom. The molecule has 1 unspecified atom stereocenters. The van der Waals surface area contributed by atoms with Crippen molar-refractivity contribution in [3.05, 3.63) is 54.0 Å². The molecule has 1 heterocycles. The molecule has 1 aromatic carbocycles. The Kier molecular flexibility index (Phi) is 5.26. The summed E-state index contributed by atoms with van der Waals surface area (Å²) in [5, 5.41) is 0. The molecule has 0 radical (unpaired) electrons. The molecule has 4 nitrogen and oxygen atoms in total. The van der Waals surface area contributed by atoms with Crippen molar-refractivity contribution in [1.29, 1.82) is 0 Å². The summed E-state index contributed by atoms with van der Waals surface area (Å²) >= 11 is 0. The molecule has 0 aliphatic heterocycles. The van der Waals surface area contributed by atoms with Gasteiger partial charge in [-0.2, -0.15) is 0 Å². The van der Waals surface area contributed by atoms with Crippen molar-refractivity contribution in [2.75, 3.05) is 13.7 Å². The van der Waals surface area contributed by atoms with E-state index < -0.39 is 0 Å². The largest absolute Gasteiger partial charge is 0.484 e. The Balaban J connectivity index is 1.89. The molecule has 0 spiro atoms. The lowest BCUT2D eigenvalue weighted by atomic mass is 10.0. The standard InChI is InChI=1S/C18H23NO3/c1-13(2)15-7-9-16(10-8-15)22-12-18(20)19(4)14(3)17-6-5-11-21-17/h5-11,13-14H,12H2,1-4H3. The molecular formula is C18H23NO3. The summed E-state index contributed by atoms with van der Waals surface area (Å²) in [4.78, 5) is 13.8. The van der Waals surface area contributed by atoms with E-state index in [1.54, 1.807) is 18.2 Å². The van der Waals surface area contributed by atoms with Crippen LogP contribution in [-0.4, -0.2) is 24.5 Å². The molecular weight excluding hydrogens is 278 g/mol. The zero-order valence-electron chi connectivity index (χ0n) is 13.6. The lowest BCUT2D eigenvalue weighted by molar-refractivity contribution is -0.134. The Hall–Kier alpha value is -2.23. The summed E-state index contributed by atoms with van der Waals surface area (Å²) in [6, 6.07) is 11.4. The van der Waals surface area contributed by atoms with Gasteiger partial charge in [0, 0.05) is 7.05 Å². The van der Waals surface area contributed by atoms with Crippen LogP contribution in [0.4, 0.5) is 0 Å². The number of carbonyl (C=O) groups is 1. The monoisotopic (exact) mass is 301 g/mol. The second-order valence-corrected chi connectivity index (χ2v) is 5.71. The van der Waals surface area contributed by atoms with Gasteiger partial charge in [-0.1, -0.05) is 26.0 Å². The molecule has 0 saturated heterocycles. The number of amides is 1. The SMILES string of the molecule is CC(C)c1ccc(OCC(=O)N(C)C(C)c2ccco2)cc1. The molecule has 0 bridgehead atoms. The second-order valence-electron chi connectivity index (χ2n) is 5.71. The maximum atomic E-state index is 12.2. The first-order valence-electron chi connectivity index (χ1n) is 7.51. The van der Waals surface area contributed by atoms with Gasteiger partial charge in [-0.05, 0) is 42.7 Å². The van der Waals surface area contributed by atoms with Crippen LogP contribution in [0.3, 0.4) is 0 Å². The second kappa shape index (κ2) is 7.16. The highest BCUT2D eigenvalue weighted by Crippen LogP contribution is 2.20. The summed E-state index contributed by atoms with van der Waals surface area (Å²) in [5.74, 6) is 1.86. The van der Waals surface area contributed by atoms with Crippen LogP contribution < -0.4 is 4.74 Å². The van der Waals surface area contributed by atoms with Gasteiger partial charge in [0.1, 0.15) is 11.5 Å². The predicted molar refractivity (Wildman–Crippen MR) is 85.9 cm³/mol. The molecule has 4 heteroatoms. The Bertz CT molecular complexity index is 587. The lowest BCUT2D eigenvalue weighted by Gasteiger charge is -2.23. The van der Waals surface area contributed by atoms with Crippen LogP contribution in [0.15, 0.2) is 47.1 Å². The zero-order valence-corrected chi connectivity index (χ0v) is 13.6. The molecule has 2 aromatic rings. The number of furan rings is 1. The predicted octanol–water partition coefficient (Wildman–Crippen LogP) is 4.00. The van der Waals surface area contributed by atoms with Crippen LogP contribution in [0.5, 0.6) is 5.75 Å². The molecule has 1 aromatic heterocycles. The first-order valence-corrected chi connectivity index (χ1v) is 7.51. The molecule has 0 fully saturated rings. The highest BCUT2D eigenvalue weighted by atomic mass is 16.5. The fraction of sp³-hybridized carbons (Fsp3) is 0.389. The van der Waals surface area contributed by atoms with Crippen LogP contribution in [-0.2, 0) is 4.79 Å². The van der Waals surface area contributed by atoms with E-state index in [2.05, 4.69) is 13.8 Å². The van der Waals surface area contributed by atoms with Crippen molar-refractivity contribution in [3.8, 4) is 5.75 Å². The number of benzene rings is 1. The van der Waals surface area contributed by atoms with Crippen molar-refractivity contribution in [2.45, 2.75) is 32.7 Å². The number of likely N-dealkylation sites (N-methyl/N-ethyl adjacent to an activating group) is 1. The fourth-order valence-electron chi connectivity index (χ4n) is 2.13. The number of nitrogens with zero attached hydrogens (tertiary/aromatic N) is 1. The van der Waals surface area contributed by atoms with Crippen LogP contribution in [0.2, 0.25) is 0 Å². The van der Waals surface area contributed by atoms with Crippen molar-refractivity contribution in [2.24, 2.45) is 0 Å². The molecule has 22 heavy (non-hydrogen) atoms. The van der Waals surface area contributed by atoms with Crippen LogP contribution >= 0.6 is 0 Å². The minimum atomic E-state index is -0.116. The molecule has 2 rings (SSSR count). The van der Waals surface area contributed by atoms with Crippen LogP contribution in [0.25, 0.3) is 0 Å². The van der Waals surface area contributed by atoms with E-state index in [0.717, 1.165) is 5.76 Å². The first-order chi connectivity index (χ1) is 10.5. The van der Waals surface area contributed by atoms with Crippen molar-refractivity contribution in [3.63, 3.8) is 0 Å². The van der Waals surface area contributed by atoms with Gasteiger partial charge in [0.05, 0.1) is 12.3 Å². The normalized spacial score (nSPS) is 12.2. The summed E-state index contributed by atoms with van der Waals surface area (Å²) < 4.78 is 10.9. The minimum Gasteiger partial charge on any atom is -0.484 e. The molecule has 1 atom stereocenters. The molecule has 0 aliphatic rings. The molecule has 0 aliphatic carbocycles. The van der Waals surface area contributed by atoms with Crippen LogP contribution in [0, 0.1) is 0 Å². The Morgan fingerprint density at radius 2 is 1.86 bits per heavy atom. The van der Waals surface area contributed by atoms with Gasteiger partial charge in [0.25, 0.3) is 5.91 Å². The fourth-order valence-corrected chi connectivity index (χ4v) is 2.13. The Morgan fingerprint density at radius 1 is 1.18 bits per heavy atom. The highest BCUT2D eigenvalue weighted by Gasteiger charge is 2.19. The number of carbonyl (C=O) groups excluding carboxylic acids is 1. The molecule has 0 saturated carbocycles. The van der Waals surface area contributed by atoms with Gasteiger partial charge in [-0.15, -0.1) is 0 Å². The smallest absolute Gasteiger partial charge is 0.260 e. The van der Waals surface area contributed by atoms with Gasteiger partial charge >= 0.3 is 0 Å². The van der Waals surface area contributed by atoms with Crippen LogP contribution in [0.1, 0.15) is 44.1 Å². The average molecular weight is 301 g/mol. The van der Waals surface area contributed by atoms with E-state index in [1.165, 1.54) is 5.56 Å². The number of hydrogen-bond donors (Lipinski definition) is 0. The third-order valence-corrected chi connectivity index (χ3v) is 3.84. The topological polar surface area (TPSA) is 42.7 Å². The quantitative estimate of drug-likeness (QED) is 0.810. The van der Waals surface area contributed by atoms with Gasteiger partial charge in [-0.3, -0.25) is 4.79 Å². The summed E-state index contributed by atoms with van der Waals surface area (Å²) in [7, 11) is 1.75. The third kappa shape index (κ3) is 3.91. The van der Waals surface area contributed by atoms with E-state index in [0.29, 0.717) is 11.7 Å². The van der Waals surface area contributed by atoms with E-state index >= 15 is 0 Å². The third-order valence-electron chi connectivity index (χ3n) is 3.84. The van der Waals surface area contributed by atoms with Gasteiger partial charge in [0.15, 0.2) is 6.61 Å². The zero-order chi connectivity index (χ0) is 16.1.